The summed E-state index contributed by atoms with van der Waals surface area (Å²) in [6.07, 6.45) is 2.83. The number of carbonyl (C=O) groups excluding carboxylic acids is 1. The number of halogens is 2. The second-order valence-corrected chi connectivity index (χ2v) is 7.11. The molecule has 2 atom stereocenters. The molecule has 0 aliphatic carbocycles. The molecule has 2 unspecified atom stereocenters. The number of amides is 1. The molecule has 2 aliphatic rings. The number of piperidine rings is 1. The predicted octanol–water partition coefficient (Wildman–Crippen LogP) is 2.33. The van der Waals surface area contributed by atoms with Crippen molar-refractivity contribution in [3.05, 3.63) is 29.2 Å². The minimum absolute atomic E-state index is 0.107. The van der Waals surface area contributed by atoms with Gasteiger partial charge < -0.3 is 10.2 Å². The highest BCUT2D eigenvalue weighted by molar-refractivity contribution is 5.99. The number of rotatable bonds is 3. The highest BCUT2D eigenvalue weighted by atomic mass is 19.3. The molecule has 4 heterocycles. The number of aromatic nitrogens is 3. The lowest BCUT2D eigenvalue weighted by atomic mass is 9.98. The normalized spacial score (nSPS) is 26.5. The molecule has 134 valence electrons. The standard InChI is InChI=1S/C17H21F2N5O/c1-9-5-14(15(18)19)24-16(21-9)13(8-20-24)17(25)22-10-6-11-3-4-12(7-10)23(11)2/h5,8,10-12,15H,3-4,6-7H2,1-2H3,(H,22,25). The minimum Gasteiger partial charge on any atom is -0.349 e. The first-order valence-corrected chi connectivity index (χ1v) is 8.60. The number of hydrogen-bond acceptors (Lipinski definition) is 4. The molecule has 0 saturated carbocycles. The fourth-order valence-electron chi connectivity index (χ4n) is 4.22. The second kappa shape index (κ2) is 6.01. The number of nitrogens with zero attached hydrogens (tertiary/aromatic N) is 4. The van der Waals surface area contributed by atoms with Gasteiger partial charge in [-0.1, -0.05) is 0 Å². The average molecular weight is 349 g/mol. The van der Waals surface area contributed by atoms with E-state index in [4.69, 9.17) is 0 Å². The molecule has 0 spiro atoms. The molecule has 6 nitrogen and oxygen atoms in total. The number of aryl methyl sites for hydroxylation is 1. The first kappa shape index (κ1) is 16.4. The molecule has 2 fully saturated rings. The van der Waals surface area contributed by atoms with Crippen molar-refractivity contribution >= 4 is 11.6 Å². The summed E-state index contributed by atoms with van der Waals surface area (Å²) < 4.78 is 27.5. The molecule has 2 aliphatic heterocycles. The van der Waals surface area contributed by atoms with Gasteiger partial charge in [-0.2, -0.15) is 5.10 Å². The van der Waals surface area contributed by atoms with E-state index in [1.165, 1.54) is 25.1 Å². The first-order chi connectivity index (χ1) is 11.9. The summed E-state index contributed by atoms with van der Waals surface area (Å²) in [6.45, 7) is 1.63. The Balaban J connectivity index is 1.59. The molecule has 2 saturated heterocycles. The van der Waals surface area contributed by atoms with Gasteiger partial charge >= 0.3 is 0 Å². The predicted molar refractivity (Wildman–Crippen MR) is 87.7 cm³/mol. The smallest absolute Gasteiger partial charge is 0.280 e. The van der Waals surface area contributed by atoms with Crippen molar-refractivity contribution in [2.45, 2.75) is 57.2 Å². The highest BCUT2D eigenvalue weighted by Gasteiger charge is 2.39. The maximum atomic E-state index is 13.2. The van der Waals surface area contributed by atoms with Gasteiger partial charge in [0.15, 0.2) is 5.65 Å². The van der Waals surface area contributed by atoms with Crippen LogP contribution < -0.4 is 5.32 Å². The third kappa shape index (κ3) is 2.78. The van der Waals surface area contributed by atoms with Gasteiger partial charge in [-0.15, -0.1) is 0 Å². The number of alkyl halides is 2. The minimum atomic E-state index is -2.68. The van der Waals surface area contributed by atoms with Gasteiger partial charge in [0.25, 0.3) is 12.3 Å². The van der Waals surface area contributed by atoms with Gasteiger partial charge in [0.1, 0.15) is 11.3 Å². The summed E-state index contributed by atoms with van der Waals surface area (Å²) in [5.74, 6) is -0.290. The van der Waals surface area contributed by atoms with Crippen LogP contribution in [0, 0.1) is 6.92 Å². The lowest BCUT2D eigenvalue weighted by molar-refractivity contribution is 0.0883. The van der Waals surface area contributed by atoms with Crippen LogP contribution in [0.1, 0.15) is 53.9 Å². The Hall–Kier alpha value is -2.09. The van der Waals surface area contributed by atoms with E-state index in [1.807, 2.05) is 0 Å². The summed E-state index contributed by atoms with van der Waals surface area (Å²) in [6, 6.07) is 2.43. The summed E-state index contributed by atoms with van der Waals surface area (Å²) in [7, 11) is 2.14. The fourth-order valence-corrected chi connectivity index (χ4v) is 4.22. The molecule has 2 bridgehead atoms. The highest BCUT2D eigenvalue weighted by Crippen LogP contribution is 2.34. The maximum absolute atomic E-state index is 13.2. The number of carbonyl (C=O) groups is 1. The van der Waals surface area contributed by atoms with Crippen molar-refractivity contribution in [1.29, 1.82) is 0 Å². The SMILES string of the molecule is Cc1cc(C(F)F)n2ncc(C(=O)NC3CC4CCC(C3)N4C)c2n1. The monoisotopic (exact) mass is 349 g/mol. The molecular formula is C17H21F2N5O. The quantitative estimate of drug-likeness (QED) is 0.924. The van der Waals surface area contributed by atoms with E-state index in [9.17, 15) is 13.6 Å². The van der Waals surface area contributed by atoms with Crippen molar-refractivity contribution < 1.29 is 13.6 Å². The van der Waals surface area contributed by atoms with Crippen molar-refractivity contribution in [2.75, 3.05) is 7.05 Å². The van der Waals surface area contributed by atoms with E-state index in [2.05, 4.69) is 27.3 Å². The van der Waals surface area contributed by atoms with E-state index in [0.29, 0.717) is 17.8 Å². The summed E-state index contributed by atoms with van der Waals surface area (Å²) in [5.41, 5.74) is 0.620. The van der Waals surface area contributed by atoms with E-state index >= 15 is 0 Å². The molecule has 0 radical (unpaired) electrons. The van der Waals surface area contributed by atoms with Gasteiger partial charge in [-0.3, -0.25) is 4.79 Å². The van der Waals surface area contributed by atoms with Crippen molar-refractivity contribution in [1.82, 2.24) is 24.8 Å². The Bertz CT molecular complexity index is 807. The lowest BCUT2D eigenvalue weighted by Gasteiger charge is -2.36. The molecule has 25 heavy (non-hydrogen) atoms. The van der Waals surface area contributed by atoms with Crippen LogP contribution in [0.2, 0.25) is 0 Å². The van der Waals surface area contributed by atoms with Crippen LogP contribution in [0.15, 0.2) is 12.3 Å². The zero-order valence-corrected chi connectivity index (χ0v) is 14.2. The Morgan fingerprint density at radius 1 is 1.32 bits per heavy atom. The number of nitrogens with one attached hydrogen (secondary N) is 1. The van der Waals surface area contributed by atoms with Crippen LogP contribution in [-0.2, 0) is 0 Å². The zero-order chi connectivity index (χ0) is 17.7. The van der Waals surface area contributed by atoms with E-state index in [0.717, 1.165) is 17.4 Å². The van der Waals surface area contributed by atoms with Crippen molar-refractivity contribution in [2.24, 2.45) is 0 Å². The molecule has 4 rings (SSSR count). The third-order valence-corrected chi connectivity index (χ3v) is 5.53. The molecule has 2 aromatic heterocycles. The van der Waals surface area contributed by atoms with Gasteiger partial charge in [-0.25, -0.2) is 18.3 Å². The molecule has 1 N–H and O–H groups in total. The van der Waals surface area contributed by atoms with Crippen LogP contribution in [0.25, 0.3) is 5.65 Å². The van der Waals surface area contributed by atoms with E-state index < -0.39 is 6.43 Å². The van der Waals surface area contributed by atoms with Gasteiger partial charge in [0.05, 0.1) is 6.20 Å². The summed E-state index contributed by atoms with van der Waals surface area (Å²) in [5, 5.41) is 7.01. The molecule has 8 heteroatoms. The average Bonchev–Trinajstić information content (AvgIpc) is 3.04. The Morgan fingerprint density at radius 3 is 2.64 bits per heavy atom. The Labute approximate surface area is 144 Å². The van der Waals surface area contributed by atoms with E-state index in [-0.39, 0.29) is 28.9 Å². The van der Waals surface area contributed by atoms with Crippen molar-refractivity contribution in [3.8, 4) is 0 Å². The number of fused-ring (bicyclic) bond motifs is 3. The molecular weight excluding hydrogens is 328 g/mol. The van der Waals surface area contributed by atoms with Gasteiger partial charge in [0, 0.05) is 23.8 Å². The topological polar surface area (TPSA) is 62.5 Å². The largest absolute Gasteiger partial charge is 0.349 e. The number of hydrogen-bond donors (Lipinski definition) is 1. The maximum Gasteiger partial charge on any atom is 0.280 e. The lowest BCUT2D eigenvalue weighted by Crippen LogP contribution is -2.48. The first-order valence-electron chi connectivity index (χ1n) is 8.60. The van der Waals surface area contributed by atoms with Crippen LogP contribution in [0.4, 0.5) is 8.78 Å². The Morgan fingerprint density at radius 2 is 2.00 bits per heavy atom. The van der Waals surface area contributed by atoms with E-state index in [1.54, 1.807) is 6.92 Å². The van der Waals surface area contributed by atoms with Crippen LogP contribution in [0.5, 0.6) is 0 Å². The molecule has 0 aromatic carbocycles. The Kier molecular flexibility index (Phi) is 3.94. The summed E-state index contributed by atoms with van der Waals surface area (Å²) in [4.78, 5) is 19.3. The fraction of sp³-hybridized carbons (Fsp3) is 0.588. The van der Waals surface area contributed by atoms with Crippen LogP contribution >= 0.6 is 0 Å². The molecule has 2 aromatic rings. The second-order valence-electron chi connectivity index (χ2n) is 7.11. The van der Waals surface area contributed by atoms with Crippen LogP contribution in [0.3, 0.4) is 0 Å². The summed E-state index contributed by atoms with van der Waals surface area (Å²) >= 11 is 0. The van der Waals surface area contributed by atoms with Gasteiger partial charge in [0.2, 0.25) is 0 Å². The zero-order valence-electron chi connectivity index (χ0n) is 14.2. The molecule has 1 amide bonds. The van der Waals surface area contributed by atoms with Crippen LogP contribution in [-0.4, -0.2) is 50.6 Å². The van der Waals surface area contributed by atoms with Gasteiger partial charge in [-0.05, 0) is 45.7 Å². The van der Waals surface area contributed by atoms with Crippen molar-refractivity contribution in [3.63, 3.8) is 0 Å². The third-order valence-electron chi connectivity index (χ3n) is 5.53.